The Morgan fingerprint density at radius 3 is 2.27 bits per heavy atom. The minimum absolute atomic E-state index is 0.617. The quantitative estimate of drug-likeness (QED) is 0.532. The zero-order valence-electron chi connectivity index (χ0n) is 7.19. The van der Waals surface area contributed by atoms with Gasteiger partial charge in [-0.05, 0) is 37.5 Å². The van der Waals surface area contributed by atoms with Crippen molar-refractivity contribution in [1.82, 2.24) is 0 Å². The van der Waals surface area contributed by atoms with Crippen molar-refractivity contribution in [2.24, 2.45) is 0 Å². The van der Waals surface area contributed by atoms with Gasteiger partial charge in [0.05, 0.1) is 0 Å². The molecular formula is C10H13I. The van der Waals surface area contributed by atoms with Crippen molar-refractivity contribution in [1.29, 1.82) is 0 Å². The van der Waals surface area contributed by atoms with Crippen LogP contribution in [0.3, 0.4) is 0 Å². The molecule has 0 aliphatic heterocycles. The molecule has 0 spiro atoms. The zero-order valence-corrected chi connectivity index (χ0v) is 9.34. The number of benzene rings is 1. The summed E-state index contributed by atoms with van der Waals surface area (Å²) in [5.74, 6) is 0. The summed E-state index contributed by atoms with van der Waals surface area (Å²) in [4.78, 5) is 0. The van der Waals surface area contributed by atoms with E-state index in [9.17, 15) is 0 Å². The number of hydrogen-bond donors (Lipinski definition) is 0. The zero-order chi connectivity index (χ0) is 8.43. The molecule has 60 valence electrons. The number of hydrogen-bond acceptors (Lipinski definition) is 0. The van der Waals surface area contributed by atoms with Gasteiger partial charge in [0, 0.05) is 3.92 Å². The summed E-state index contributed by atoms with van der Waals surface area (Å²) in [5, 5.41) is 0. The second kappa shape index (κ2) is 3.57. The molecular weight excluding hydrogens is 247 g/mol. The van der Waals surface area contributed by atoms with E-state index in [2.05, 4.69) is 61.6 Å². The third-order valence-corrected chi connectivity index (χ3v) is 2.71. The number of rotatable bonds is 1. The molecule has 1 aromatic carbocycles. The highest BCUT2D eigenvalue weighted by Crippen LogP contribution is 2.23. The Labute approximate surface area is 82.2 Å². The SMILES string of the molecule is Cc1ccc([C@H](C)I)cc1C. The normalized spacial score (nSPS) is 13.1. The third kappa shape index (κ3) is 2.19. The average molecular weight is 260 g/mol. The van der Waals surface area contributed by atoms with E-state index in [0.29, 0.717) is 3.92 Å². The molecule has 0 saturated carbocycles. The van der Waals surface area contributed by atoms with Gasteiger partial charge in [-0.3, -0.25) is 0 Å². The monoisotopic (exact) mass is 260 g/mol. The summed E-state index contributed by atoms with van der Waals surface area (Å²) in [6.07, 6.45) is 0. The Morgan fingerprint density at radius 2 is 1.82 bits per heavy atom. The van der Waals surface area contributed by atoms with E-state index in [1.807, 2.05) is 0 Å². The molecule has 1 rings (SSSR count). The fraction of sp³-hybridized carbons (Fsp3) is 0.400. The summed E-state index contributed by atoms with van der Waals surface area (Å²) < 4.78 is 0.617. The second-order valence-electron chi connectivity index (χ2n) is 2.96. The van der Waals surface area contributed by atoms with Gasteiger partial charge in [0.1, 0.15) is 0 Å². The summed E-state index contributed by atoms with van der Waals surface area (Å²) >= 11 is 2.44. The maximum absolute atomic E-state index is 2.44. The highest BCUT2D eigenvalue weighted by atomic mass is 127. The van der Waals surface area contributed by atoms with Crippen LogP contribution in [0.15, 0.2) is 18.2 Å². The van der Waals surface area contributed by atoms with Crippen LogP contribution >= 0.6 is 22.6 Å². The predicted octanol–water partition coefficient (Wildman–Crippen LogP) is 3.80. The molecule has 0 radical (unpaired) electrons. The van der Waals surface area contributed by atoms with Crippen LogP contribution in [-0.2, 0) is 0 Å². The Hall–Kier alpha value is -0.0500. The first-order chi connectivity index (χ1) is 5.11. The number of aryl methyl sites for hydroxylation is 2. The Balaban J connectivity index is 3.05. The molecule has 0 aliphatic carbocycles. The lowest BCUT2D eigenvalue weighted by atomic mass is 10.1. The average Bonchev–Trinajstić information content (AvgIpc) is 1.94. The van der Waals surface area contributed by atoms with Crippen molar-refractivity contribution >= 4 is 22.6 Å². The van der Waals surface area contributed by atoms with Gasteiger partial charge in [0.15, 0.2) is 0 Å². The number of alkyl halides is 1. The van der Waals surface area contributed by atoms with E-state index < -0.39 is 0 Å². The summed E-state index contributed by atoms with van der Waals surface area (Å²) in [7, 11) is 0. The molecule has 0 bridgehead atoms. The molecule has 0 fully saturated rings. The largest absolute Gasteiger partial charge is 0.0777 e. The van der Waals surface area contributed by atoms with Crippen LogP contribution in [0.4, 0.5) is 0 Å². The molecule has 11 heavy (non-hydrogen) atoms. The maximum atomic E-state index is 2.44. The molecule has 0 N–H and O–H groups in total. The highest BCUT2D eigenvalue weighted by Gasteiger charge is 2.00. The van der Waals surface area contributed by atoms with Gasteiger partial charge < -0.3 is 0 Å². The standard InChI is InChI=1S/C10H13I/c1-7-4-5-10(9(3)11)6-8(7)2/h4-6,9H,1-3H3/t9-/m0/s1. The molecule has 0 saturated heterocycles. The predicted molar refractivity (Wildman–Crippen MR) is 58.4 cm³/mol. The topological polar surface area (TPSA) is 0 Å². The summed E-state index contributed by atoms with van der Waals surface area (Å²) in [6.45, 7) is 6.53. The first kappa shape index (κ1) is 9.04. The van der Waals surface area contributed by atoms with Gasteiger partial charge in [-0.25, -0.2) is 0 Å². The number of halogens is 1. The second-order valence-corrected chi connectivity index (χ2v) is 4.83. The Kier molecular flexibility index (Phi) is 2.93. The van der Waals surface area contributed by atoms with Crippen molar-refractivity contribution in [2.75, 3.05) is 0 Å². The lowest BCUT2D eigenvalue weighted by Gasteiger charge is -2.06. The summed E-state index contributed by atoms with van der Waals surface area (Å²) in [5.41, 5.74) is 4.20. The molecule has 1 aromatic rings. The van der Waals surface area contributed by atoms with Gasteiger partial charge in [-0.1, -0.05) is 40.8 Å². The Bertz CT molecular complexity index is 251. The van der Waals surface area contributed by atoms with Crippen LogP contribution in [-0.4, -0.2) is 0 Å². The minimum Gasteiger partial charge on any atom is -0.0777 e. The van der Waals surface area contributed by atoms with Crippen LogP contribution < -0.4 is 0 Å². The van der Waals surface area contributed by atoms with E-state index >= 15 is 0 Å². The first-order valence-electron chi connectivity index (χ1n) is 3.82. The highest BCUT2D eigenvalue weighted by molar-refractivity contribution is 14.1. The van der Waals surface area contributed by atoms with E-state index in [0.717, 1.165) is 0 Å². The van der Waals surface area contributed by atoms with Gasteiger partial charge in [0.2, 0.25) is 0 Å². The molecule has 0 aliphatic rings. The van der Waals surface area contributed by atoms with Crippen LogP contribution in [0.1, 0.15) is 27.5 Å². The molecule has 0 nitrogen and oxygen atoms in total. The third-order valence-electron chi connectivity index (χ3n) is 1.99. The van der Waals surface area contributed by atoms with E-state index in [1.165, 1.54) is 16.7 Å². The van der Waals surface area contributed by atoms with Crippen molar-refractivity contribution in [2.45, 2.75) is 24.7 Å². The summed E-state index contributed by atoms with van der Waals surface area (Å²) in [6, 6.07) is 6.67. The van der Waals surface area contributed by atoms with Crippen molar-refractivity contribution in [3.63, 3.8) is 0 Å². The maximum Gasteiger partial charge on any atom is 0.0331 e. The molecule has 0 aromatic heterocycles. The minimum atomic E-state index is 0.617. The van der Waals surface area contributed by atoms with Crippen LogP contribution in [0, 0.1) is 13.8 Å². The molecule has 1 atom stereocenters. The smallest absolute Gasteiger partial charge is 0.0331 e. The van der Waals surface area contributed by atoms with Crippen molar-refractivity contribution in [3.8, 4) is 0 Å². The lowest BCUT2D eigenvalue weighted by Crippen LogP contribution is -1.86. The fourth-order valence-electron chi connectivity index (χ4n) is 1.01. The Morgan fingerprint density at radius 1 is 1.18 bits per heavy atom. The molecule has 0 amide bonds. The van der Waals surface area contributed by atoms with Crippen LogP contribution in [0.25, 0.3) is 0 Å². The van der Waals surface area contributed by atoms with Crippen LogP contribution in [0.5, 0.6) is 0 Å². The van der Waals surface area contributed by atoms with Gasteiger partial charge in [-0.2, -0.15) is 0 Å². The molecule has 0 unspecified atom stereocenters. The fourth-order valence-corrected chi connectivity index (χ4v) is 1.40. The van der Waals surface area contributed by atoms with E-state index in [4.69, 9.17) is 0 Å². The van der Waals surface area contributed by atoms with Gasteiger partial charge in [-0.15, -0.1) is 0 Å². The van der Waals surface area contributed by atoms with Gasteiger partial charge in [0.25, 0.3) is 0 Å². The molecule has 1 heteroatoms. The van der Waals surface area contributed by atoms with Crippen molar-refractivity contribution < 1.29 is 0 Å². The lowest BCUT2D eigenvalue weighted by molar-refractivity contribution is 1.13. The van der Waals surface area contributed by atoms with Crippen LogP contribution in [0.2, 0.25) is 0 Å². The van der Waals surface area contributed by atoms with E-state index in [-0.39, 0.29) is 0 Å². The van der Waals surface area contributed by atoms with Gasteiger partial charge >= 0.3 is 0 Å². The van der Waals surface area contributed by atoms with E-state index in [1.54, 1.807) is 0 Å². The first-order valence-corrected chi connectivity index (χ1v) is 5.07. The van der Waals surface area contributed by atoms with Crippen molar-refractivity contribution in [3.05, 3.63) is 34.9 Å². The molecule has 0 heterocycles.